The standard InChI is InChI=1S/C20H22ClN7O/c1-26(2)9-3-4-16(29)27-10-15(11-27)28-20-17(19(22)23-12-24-20)18(25-28)13-5-7-14(21)8-6-13/h3-8,12,15H,9-11H2,1-2H3,(H2,22,23,24)/b4-3+. The smallest absolute Gasteiger partial charge is 0.246 e. The number of amides is 1. The summed E-state index contributed by atoms with van der Waals surface area (Å²) in [6, 6.07) is 7.45. The van der Waals surface area contributed by atoms with Crippen molar-refractivity contribution in [1.29, 1.82) is 0 Å². The minimum Gasteiger partial charge on any atom is -0.383 e. The van der Waals surface area contributed by atoms with Crippen LogP contribution in [-0.2, 0) is 4.79 Å². The summed E-state index contributed by atoms with van der Waals surface area (Å²) in [5, 5.41) is 6.14. The average molecular weight is 412 g/mol. The zero-order chi connectivity index (χ0) is 20.5. The third-order valence-electron chi connectivity index (χ3n) is 4.89. The summed E-state index contributed by atoms with van der Waals surface area (Å²) >= 11 is 6.01. The predicted molar refractivity (Wildman–Crippen MR) is 113 cm³/mol. The lowest BCUT2D eigenvalue weighted by atomic mass is 10.1. The van der Waals surface area contributed by atoms with Gasteiger partial charge in [-0.25, -0.2) is 14.6 Å². The molecule has 0 unspecified atom stereocenters. The molecule has 1 aromatic carbocycles. The van der Waals surface area contributed by atoms with Gasteiger partial charge in [-0.05, 0) is 26.2 Å². The van der Waals surface area contributed by atoms with Crippen LogP contribution in [0.2, 0.25) is 5.02 Å². The number of fused-ring (bicyclic) bond motifs is 1. The number of nitrogen functional groups attached to an aromatic ring is 1. The molecule has 1 aliphatic rings. The van der Waals surface area contributed by atoms with E-state index in [-0.39, 0.29) is 11.9 Å². The summed E-state index contributed by atoms with van der Waals surface area (Å²) in [7, 11) is 3.92. The number of likely N-dealkylation sites (tertiary alicyclic amines) is 1. The molecule has 0 radical (unpaired) electrons. The van der Waals surface area contributed by atoms with Gasteiger partial charge in [-0.15, -0.1) is 0 Å². The van der Waals surface area contributed by atoms with E-state index in [9.17, 15) is 4.79 Å². The molecule has 150 valence electrons. The predicted octanol–water partition coefficient (Wildman–Crippen LogP) is 2.23. The average Bonchev–Trinajstić information content (AvgIpc) is 3.02. The van der Waals surface area contributed by atoms with Crippen LogP contribution in [0.25, 0.3) is 22.3 Å². The molecule has 0 aliphatic carbocycles. The quantitative estimate of drug-likeness (QED) is 0.647. The molecule has 1 amide bonds. The maximum absolute atomic E-state index is 12.3. The number of anilines is 1. The van der Waals surface area contributed by atoms with Crippen molar-refractivity contribution in [2.75, 3.05) is 39.5 Å². The van der Waals surface area contributed by atoms with Gasteiger partial charge in [0, 0.05) is 36.3 Å². The minimum absolute atomic E-state index is 0.00614. The van der Waals surface area contributed by atoms with E-state index in [1.165, 1.54) is 6.33 Å². The summed E-state index contributed by atoms with van der Waals surface area (Å²) in [4.78, 5) is 24.6. The Kier molecular flexibility index (Phi) is 5.21. The van der Waals surface area contributed by atoms with Crippen LogP contribution in [0.4, 0.5) is 5.82 Å². The Labute approximate surface area is 173 Å². The van der Waals surface area contributed by atoms with Crippen molar-refractivity contribution in [3.63, 3.8) is 0 Å². The Morgan fingerprint density at radius 3 is 2.69 bits per heavy atom. The van der Waals surface area contributed by atoms with E-state index in [0.717, 1.165) is 12.1 Å². The molecular formula is C20H22ClN7O. The number of hydrogen-bond acceptors (Lipinski definition) is 6. The summed E-state index contributed by atoms with van der Waals surface area (Å²) in [6.45, 7) is 1.88. The Morgan fingerprint density at radius 1 is 1.28 bits per heavy atom. The number of likely N-dealkylation sites (N-methyl/N-ethyl adjacent to an activating group) is 1. The summed E-state index contributed by atoms with van der Waals surface area (Å²) < 4.78 is 1.85. The number of rotatable bonds is 5. The van der Waals surface area contributed by atoms with Gasteiger partial charge >= 0.3 is 0 Å². The van der Waals surface area contributed by atoms with Gasteiger partial charge in [0.2, 0.25) is 5.91 Å². The fraction of sp³-hybridized carbons (Fsp3) is 0.300. The van der Waals surface area contributed by atoms with Crippen molar-refractivity contribution in [1.82, 2.24) is 29.5 Å². The van der Waals surface area contributed by atoms with Crippen LogP contribution in [-0.4, -0.2) is 69.2 Å². The highest BCUT2D eigenvalue weighted by molar-refractivity contribution is 6.30. The van der Waals surface area contributed by atoms with Gasteiger partial charge in [0.1, 0.15) is 17.8 Å². The van der Waals surface area contributed by atoms with Crippen molar-refractivity contribution in [3.8, 4) is 11.3 Å². The highest BCUT2D eigenvalue weighted by Crippen LogP contribution is 2.34. The highest BCUT2D eigenvalue weighted by atomic mass is 35.5. The second kappa shape index (κ2) is 7.81. The van der Waals surface area contributed by atoms with Crippen LogP contribution < -0.4 is 5.73 Å². The zero-order valence-corrected chi connectivity index (χ0v) is 17.0. The van der Waals surface area contributed by atoms with Crippen LogP contribution >= 0.6 is 11.6 Å². The molecule has 0 saturated carbocycles. The molecule has 2 N–H and O–H groups in total. The first-order valence-corrected chi connectivity index (χ1v) is 9.66. The molecule has 1 saturated heterocycles. The van der Waals surface area contributed by atoms with Crippen LogP contribution in [0.5, 0.6) is 0 Å². The maximum Gasteiger partial charge on any atom is 0.246 e. The largest absolute Gasteiger partial charge is 0.383 e. The molecule has 2 aromatic heterocycles. The first-order valence-electron chi connectivity index (χ1n) is 9.29. The highest BCUT2D eigenvalue weighted by Gasteiger charge is 2.34. The Balaban J connectivity index is 1.60. The second-order valence-electron chi connectivity index (χ2n) is 7.32. The zero-order valence-electron chi connectivity index (χ0n) is 16.3. The normalized spacial score (nSPS) is 14.8. The lowest BCUT2D eigenvalue weighted by Gasteiger charge is -2.38. The summed E-state index contributed by atoms with van der Waals surface area (Å²) in [5.41, 5.74) is 8.41. The molecule has 4 rings (SSSR count). The van der Waals surface area contributed by atoms with Gasteiger partial charge in [0.05, 0.1) is 11.4 Å². The van der Waals surface area contributed by atoms with E-state index in [0.29, 0.717) is 40.7 Å². The van der Waals surface area contributed by atoms with Crippen LogP contribution in [0.1, 0.15) is 6.04 Å². The van der Waals surface area contributed by atoms with Crippen LogP contribution in [0.3, 0.4) is 0 Å². The number of halogens is 1. The summed E-state index contributed by atoms with van der Waals surface area (Å²) in [6.07, 6.45) is 4.93. The third kappa shape index (κ3) is 3.81. The van der Waals surface area contributed by atoms with Gasteiger partial charge in [-0.3, -0.25) is 4.79 Å². The van der Waals surface area contributed by atoms with Gasteiger partial charge < -0.3 is 15.5 Å². The first-order chi connectivity index (χ1) is 13.9. The van der Waals surface area contributed by atoms with Crippen LogP contribution in [0, 0.1) is 0 Å². The molecular weight excluding hydrogens is 390 g/mol. The van der Waals surface area contributed by atoms with Gasteiger partial charge in [0.15, 0.2) is 5.65 Å². The molecule has 0 spiro atoms. The first kappa shape index (κ1) is 19.4. The SMILES string of the molecule is CN(C)C/C=C/C(=O)N1CC(n2nc(-c3ccc(Cl)cc3)c3c(N)ncnc32)C1. The van der Waals surface area contributed by atoms with Crippen LogP contribution in [0.15, 0.2) is 42.7 Å². The van der Waals surface area contributed by atoms with Gasteiger partial charge in [-0.1, -0.05) is 29.8 Å². The lowest BCUT2D eigenvalue weighted by Crippen LogP contribution is -2.50. The van der Waals surface area contributed by atoms with Gasteiger partial charge in [-0.2, -0.15) is 5.10 Å². The molecule has 29 heavy (non-hydrogen) atoms. The van der Waals surface area contributed by atoms with Crippen molar-refractivity contribution in [2.24, 2.45) is 0 Å². The Hall–Kier alpha value is -2.97. The molecule has 1 fully saturated rings. The Bertz CT molecular complexity index is 1070. The topological polar surface area (TPSA) is 93.2 Å². The molecule has 0 bridgehead atoms. The van der Waals surface area contributed by atoms with E-state index in [4.69, 9.17) is 22.4 Å². The van der Waals surface area contributed by atoms with E-state index < -0.39 is 0 Å². The number of hydrogen-bond donors (Lipinski definition) is 1. The number of carbonyl (C=O) groups excluding carboxylic acids is 1. The van der Waals surface area contributed by atoms with Crippen molar-refractivity contribution >= 4 is 34.4 Å². The monoisotopic (exact) mass is 411 g/mol. The minimum atomic E-state index is 0.00614. The van der Waals surface area contributed by atoms with Crippen molar-refractivity contribution < 1.29 is 4.79 Å². The number of benzene rings is 1. The fourth-order valence-corrected chi connectivity index (χ4v) is 3.45. The third-order valence-corrected chi connectivity index (χ3v) is 5.14. The molecule has 3 aromatic rings. The summed E-state index contributed by atoms with van der Waals surface area (Å²) in [5.74, 6) is 0.386. The van der Waals surface area contributed by atoms with E-state index in [2.05, 4.69) is 9.97 Å². The van der Waals surface area contributed by atoms with E-state index in [1.807, 2.05) is 54.0 Å². The molecule has 1 aliphatic heterocycles. The van der Waals surface area contributed by atoms with Crippen molar-refractivity contribution in [3.05, 3.63) is 47.8 Å². The second-order valence-corrected chi connectivity index (χ2v) is 7.76. The molecule has 0 atom stereocenters. The number of nitrogens with two attached hydrogens (primary N) is 1. The van der Waals surface area contributed by atoms with Gasteiger partial charge in [0.25, 0.3) is 0 Å². The van der Waals surface area contributed by atoms with E-state index in [1.54, 1.807) is 11.0 Å². The number of nitrogens with zero attached hydrogens (tertiary/aromatic N) is 6. The maximum atomic E-state index is 12.3. The lowest BCUT2D eigenvalue weighted by molar-refractivity contribution is -0.131. The Morgan fingerprint density at radius 2 is 2.00 bits per heavy atom. The van der Waals surface area contributed by atoms with Crippen molar-refractivity contribution in [2.45, 2.75) is 6.04 Å². The molecule has 9 heteroatoms. The molecule has 3 heterocycles. The fourth-order valence-electron chi connectivity index (χ4n) is 3.32. The number of carbonyl (C=O) groups is 1. The molecule has 8 nitrogen and oxygen atoms in total. The number of aromatic nitrogens is 4. The van der Waals surface area contributed by atoms with E-state index >= 15 is 0 Å².